The summed E-state index contributed by atoms with van der Waals surface area (Å²) in [6.45, 7) is 3.60. The van der Waals surface area contributed by atoms with Crippen LogP contribution in [0.1, 0.15) is 17.5 Å². The molecule has 4 nitrogen and oxygen atoms in total. The van der Waals surface area contributed by atoms with Crippen LogP contribution in [0, 0.1) is 6.92 Å². The maximum absolute atomic E-state index is 11.7. The minimum Gasteiger partial charge on any atom is -0.493 e. The lowest BCUT2D eigenvalue weighted by Gasteiger charge is -2.10. The molecule has 2 rings (SSSR count). The Morgan fingerprint density at radius 3 is 2.80 bits per heavy atom. The highest BCUT2D eigenvalue weighted by molar-refractivity contribution is 5.32. The smallest absolute Gasteiger partial charge is 0.250 e. The summed E-state index contributed by atoms with van der Waals surface area (Å²) in [4.78, 5) is 11.7. The molecule has 0 atom stereocenters. The van der Waals surface area contributed by atoms with Gasteiger partial charge in [-0.2, -0.15) is 0 Å². The van der Waals surface area contributed by atoms with Gasteiger partial charge >= 0.3 is 0 Å². The van der Waals surface area contributed by atoms with Crippen LogP contribution >= 0.6 is 0 Å². The SMILES string of the molecule is Cc1ccn(CCCOc2ccccc2CN)c(=O)c1. The third-order valence-electron chi connectivity index (χ3n) is 3.15. The zero-order chi connectivity index (χ0) is 14.4. The van der Waals surface area contributed by atoms with Crippen LogP contribution in [0.15, 0.2) is 47.4 Å². The number of nitrogens with two attached hydrogens (primary N) is 1. The van der Waals surface area contributed by atoms with Crippen LogP contribution < -0.4 is 16.0 Å². The number of pyridine rings is 1. The van der Waals surface area contributed by atoms with Crippen molar-refractivity contribution >= 4 is 0 Å². The second-order valence-electron chi connectivity index (χ2n) is 4.75. The molecule has 2 N–H and O–H groups in total. The molecular weight excluding hydrogens is 252 g/mol. The summed E-state index contributed by atoms with van der Waals surface area (Å²) in [6.07, 6.45) is 2.60. The van der Waals surface area contributed by atoms with Crippen molar-refractivity contribution in [2.75, 3.05) is 6.61 Å². The summed E-state index contributed by atoms with van der Waals surface area (Å²) < 4.78 is 7.42. The van der Waals surface area contributed by atoms with Gasteiger partial charge in [0.2, 0.25) is 0 Å². The van der Waals surface area contributed by atoms with Gasteiger partial charge in [0.05, 0.1) is 6.61 Å². The fourth-order valence-electron chi connectivity index (χ4n) is 2.02. The summed E-state index contributed by atoms with van der Waals surface area (Å²) in [5, 5.41) is 0. The maximum atomic E-state index is 11.7. The van der Waals surface area contributed by atoms with Crippen molar-refractivity contribution in [3.8, 4) is 5.75 Å². The Hall–Kier alpha value is -2.07. The zero-order valence-corrected chi connectivity index (χ0v) is 11.7. The molecular formula is C16H20N2O2. The first-order valence-electron chi connectivity index (χ1n) is 6.78. The van der Waals surface area contributed by atoms with E-state index in [4.69, 9.17) is 10.5 Å². The molecule has 0 spiro atoms. The molecule has 0 fully saturated rings. The van der Waals surface area contributed by atoms with E-state index >= 15 is 0 Å². The second-order valence-corrected chi connectivity index (χ2v) is 4.75. The van der Waals surface area contributed by atoms with Crippen molar-refractivity contribution in [2.24, 2.45) is 5.73 Å². The normalized spacial score (nSPS) is 10.5. The van der Waals surface area contributed by atoms with Crippen LogP contribution in [-0.2, 0) is 13.1 Å². The van der Waals surface area contributed by atoms with Crippen molar-refractivity contribution in [3.05, 3.63) is 64.1 Å². The fourth-order valence-corrected chi connectivity index (χ4v) is 2.02. The molecule has 0 aliphatic rings. The Labute approximate surface area is 118 Å². The lowest BCUT2D eigenvalue weighted by atomic mass is 10.2. The highest BCUT2D eigenvalue weighted by atomic mass is 16.5. The predicted octanol–water partition coefficient (Wildman–Crippen LogP) is 2.08. The molecule has 0 amide bonds. The predicted molar refractivity (Wildman–Crippen MR) is 79.9 cm³/mol. The standard InChI is InChI=1S/C16H20N2O2/c1-13-7-9-18(16(19)11-13)8-4-10-20-15-6-3-2-5-14(15)12-17/h2-3,5-7,9,11H,4,8,10,12,17H2,1H3. The van der Waals surface area contributed by atoms with Gasteiger partial charge < -0.3 is 15.0 Å². The summed E-state index contributed by atoms with van der Waals surface area (Å²) in [5.41, 5.74) is 7.67. The number of aromatic nitrogens is 1. The fraction of sp³-hybridized carbons (Fsp3) is 0.312. The third-order valence-corrected chi connectivity index (χ3v) is 3.15. The van der Waals surface area contributed by atoms with Crippen LogP contribution in [0.4, 0.5) is 0 Å². The third kappa shape index (κ3) is 3.71. The van der Waals surface area contributed by atoms with Gasteiger partial charge in [-0.1, -0.05) is 18.2 Å². The topological polar surface area (TPSA) is 57.2 Å². The van der Waals surface area contributed by atoms with Gasteiger partial charge in [-0.15, -0.1) is 0 Å². The van der Waals surface area contributed by atoms with Gasteiger partial charge in [-0.3, -0.25) is 4.79 Å². The first-order valence-corrected chi connectivity index (χ1v) is 6.78. The number of para-hydroxylation sites is 1. The molecule has 1 aromatic carbocycles. The average molecular weight is 272 g/mol. The molecule has 1 aromatic heterocycles. The molecule has 0 saturated heterocycles. The Kier molecular flexibility index (Phi) is 4.96. The van der Waals surface area contributed by atoms with Gasteiger partial charge in [0.15, 0.2) is 0 Å². The zero-order valence-electron chi connectivity index (χ0n) is 11.7. The highest BCUT2D eigenvalue weighted by Gasteiger charge is 2.01. The Morgan fingerprint density at radius 1 is 1.25 bits per heavy atom. The molecule has 0 aliphatic heterocycles. The van der Waals surface area contributed by atoms with Crippen molar-refractivity contribution in [2.45, 2.75) is 26.4 Å². The van der Waals surface area contributed by atoms with Crippen molar-refractivity contribution in [3.63, 3.8) is 0 Å². The summed E-state index contributed by atoms with van der Waals surface area (Å²) in [6, 6.07) is 11.3. The van der Waals surface area contributed by atoms with E-state index in [0.29, 0.717) is 19.7 Å². The lowest BCUT2D eigenvalue weighted by molar-refractivity contribution is 0.298. The minimum atomic E-state index is 0.0346. The highest BCUT2D eigenvalue weighted by Crippen LogP contribution is 2.17. The van der Waals surface area contributed by atoms with E-state index in [1.165, 1.54) is 0 Å². The van der Waals surface area contributed by atoms with Gasteiger partial charge in [0.25, 0.3) is 5.56 Å². The quantitative estimate of drug-likeness (QED) is 0.819. The van der Waals surface area contributed by atoms with Crippen LogP contribution in [0.3, 0.4) is 0 Å². The molecule has 0 unspecified atom stereocenters. The number of rotatable bonds is 6. The second kappa shape index (κ2) is 6.91. The molecule has 0 aliphatic carbocycles. The largest absolute Gasteiger partial charge is 0.493 e. The average Bonchev–Trinajstić information content (AvgIpc) is 2.46. The Bertz CT molecular complexity index is 620. The molecule has 1 heterocycles. The van der Waals surface area contributed by atoms with E-state index in [0.717, 1.165) is 23.3 Å². The van der Waals surface area contributed by atoms with E-state index in [1.807, 2.05) is 43.5 Å². The van der Waals surface area contributed by atoms with Crippen molar-refractivity contribution in [1.82, 2.24) is 4.57 Å². The summed E-state index contributed by atoms with van der Waals surface area (Å²) in [5.74, 6) is 0.825. The van der Waals surface area contributed by atoms with Crippen LogP contribution in [-0.4, -0.2) is 11.2 Å². The Balaban J connectivity index is 1.86. The van der Waals surface area contributed by atoms with E-state index in [2.05, 4.69) is 0 Å². The molecule has 2 aromatic rings. The maximum Gasteiger partial charge on any atom is 0.250 e. The van der Waals surface area contributed by atoms with Crippen LogP contribution in [0.25, 0.3) is 0 Å². The van der Waals surface area contributed by atoms with Crippen molar-refractivity contribution < 1.29 is 4.74 Å². The van der Waals surface area contributed by atoms with Gasteiger partial charge in [0.1, 0.15) is 5.75 Å². The summed E-state index contributed by atoms with van der Waals surface area (Å²) >= 11 is 0. The minimum absolute atomic E-state index is 0.0346. The number of ether oxygens (including phenoxy) is 1. The molecule has 20 heavy (non-hydrogen) atoms. The van der Waals surface area contributed by atoms with E-state index in [9.17, 15) is 4.79 Å². The number of benzene rings is 1. The monoisotopic (exact) mass is 272 g/mol. The Morgan fingerprint density at radius 2 is 2.05 bits per heavy atom. The van der Waals surface area contributed by atoms with Gasteiger partial charge in [-0.05, 0) is 31.0 Å². The number of hydrogen-bond acceptors (Lipinski definition) is 3. The number of hydrogen-bond donors (Lipinski definition) is 1. The number of aryl methyl sites for hydroxylation is 2. The molecule has 0 radical (unpaired) electrons. The van der Waals surface area contributed by atoms with Crippen LogP contribution in [0.5, 0.6) is 5.75 Å². The molecule has 106 valence electrons. The van der Waals surface area contributed by atoms with Crippen molar-refractivity contribution in [1.29, 1.82) is 0 Å². The first kappa shape index (κ1) is 14.3. The number of nitrogens with zero attached hydrogens (tertiary/aromatic N) is 1. The van der Waals surface area contributed by atoms with Gasteiger partial charge in [-0.25, -0.2) is 0 Å². The van der Waals surface area contributed by atoms with E-state index < -0.39 is 0 Å². The van der Waals surface area contributed by atoms with E-state index in [1.54, 1.807) is 10.6 Å². The first-order chi connectivity index (χ1) is 9.70. The molecule has 4 heteroatoms. The molecule has 0 bridgehead atoms. The van der Waals surface area contributed by atoms with Crippen LogP contribution in [0.2, 0.25) is 0 Å². The molecule has 0 saturated carbocycles. The van der Waals surface area contributed by atoms with Gasteiger partial charge in [0, 0.05) is 30.9 Å². The lowest BCUT2D eigenvalue weighted by Crippen LogP contribution is -2.19. The van der Waals surface area contributed by atoms with E-state index in [-0.39, 0.29) is 5.56 Å². The summed E-state index contributed by atoms with van der Waals surface area (Å²) in [7, 11) is 0.